The van der Waals surface area contributed by atoms with Gasteiger partial charge < -0.3 is 14.6 Å². The highest BCUT2D eigenvalue weighted by Crippen LogP contribution is 2.24. The van der Waals surface area contributed by atoms with E-state index in [4.69, 9.17) is 4.74 Å². The third-order valence-electron chi connectivity index (χ3n) is 3.50. The molecule has 0 aliphatic rings. The van der Waals surface area contributed by atoms with E-state index in [1.165, 1.54) is 36.7 Å². The molecular formula is C17H14BrN3O4S2. The number of carbonyl (C=O) groups excluding carboxylic acids is 3. The van der Waals surface area contributed by atoms with Crippen molar-refractivity contribution in [3.05, 3.63) is 43.8 Å². The Bertz CT molecular complexity index is 1110. The Hall–Kier alpha value is -2.30. The van der Waals surface area contributed by atoms with E-state index in [9.17, 15) is 14.4 Å². The number of carbonyl (C=O) groups is 3. The van der Waals surface area contributed by atoms with Crippen molar-refractivity contribution in [3.8, 4) is 0 Å². The summed E-state index contributed by atoms with van der Waals surface area (Å²) >= 11 is 5.87. The van der Waals surface area contributed by atoms with E-state index in [1.54, 1.807) is 34.9 Å². The fourth-order valence-corrected chi connectivity index (χ4v) is 4.69. The second kappa shape index (κ2) is 8.15. The zero-order chi connectivity index (χ0) is 19.6. The van der Waals surface area contributed by atoms with Crippen LogP contribution in [0.4, 0.5) is 5.69 Å². The van der Waals surface area contributed by atoms with Crippen LogP contribution < -0.4 is 10.1 Å². The molecule has 0 radical (unpaired) electrons. The van der Waals surface area contributed by atoms with Gasteiger partial charge in [-0.05, 0) is 46.3 Å². The number of rotatable bonds is 4. The van der Waals surface area contributed by atoms with Crippen LogP contribution in [-0.2, 0) is 20.9 Å². The first kappa shape index (κ1) is 19.5. The lowest BCUT2D eigenvalue weighted by Gasteiger charge is -2.05. The van der Waals surface area contributed by atoms with Gasteiger partial charge >= 0.3 is 5.97 Å². The van der Waals surface area contributed by atoms with Crippen LogP contribution in [-0.4, -0.2) is 29.5 Å². The number of nitrogens with zero attached hydrogens (tertiary/aromatic N) is 2. The third-order valence-corrected chi connectivity index (χ3v) is 6.15. The first-order valence-electron chi connectivity index (χ1n) is 7.69. The van der Waals surface area contributed by atoms with Gasteiger partial charge in [0, 0.05) is 12.6 Å². The molecular weight excluding hydrogens is 454 g/mol. The van der Waals surface area contributed by atoms with Gasteiger partial charge in [0.05, 0.1) is 26.0 Å². The van der Waals surface area contributed by atoms with Crippen molar-refractivity contribution in [3.63, 3.8) is 0 Å². The van der Waals surface area contributed by atoms with E-state index in [0.717, 1.165) is 14.0 Å². The summed E-state index contributed by atoms with van der Waals surface area (Å²) in [6.07, 6.45) is 0. The van der Waals surface area contributed by atoms with Gasteiger partial charge in [0.2, 0.25) is 5.91 Å². The summed E-state index contributed by atoms with van der Waals surface area (Å²) in [4.78, 5) is 40.6. The summed E-state index contributed by atoms with van der Waals surface area (Å²) < 4.78 is 8.00. The Morgan fingerprint density at radius 3 is 2.63 bits per heavy atom. The van der Waals surface area contributed by atoms with Crippen molar-refractivity contribution in [1.29, 1.82) is 0 Å². The third kappa shape index (κ3) is 4.52. The molecule has 3 rings (SSSR count). The van der Waals surface area contributed by atoms with Gasteiger partial charge in [0.25, 0.3) is 5.91 Å². The van der Waals surface area contributed by atoms with Gasteiger partial charge in [-0.1, -0.05) is 11.3 Å². The van der Waals surface area contributed by atoms with E-state index in [1.807, 2.05) is 0 Å². The smallest absolute Gasteiger partial charge is 0.325 e. The highest BCUT2D eigenvalue weighted by atomic mass is 79.9. The zero-order valence-electron chi connectivity index (χ0n) is 14.3. The van der Waals surface area contributed by atoms with Crippen LogP contribution in [0.25, 0.3) is 10.2 Å². The molecule has 140 valence electrons. The SMILES string of the molecule is COC(=O)Cn1c(=NC(=O)c2ccc(Br)s2)sc2cc(NC(C)=O)ccc21. The van der Waals surface area contributed by atoms with Gasteiger partial charge in [-0.25, -0.2) is 0 Å². The molecule has 0 aliphatic carbocycles. The van der Waals surface area contributed by atoms with Crippen molar-refractivity contribution in [2.75, 3.05) is 12.4 Å². The quantitative estimate of drug-likeness (QED) is 0.595. The molecule has 0 saturated carbocycles. The number of hydrogen-bond donors (Lipinski definition) is 1. The molecule has 27 heavy (non-hydrogen) atoms. The maximum absolute atomic E-state index is 12.5. The van der Waals surface area contributed by atoms with E-state index in [0.29, 0.717) is 15.4 Å². The van der Waals surface area contributed by atoms with Crippen LogP contribution in [0.15, 0.2) is 39.1 Å². The van der Waals surface area contributed by atoms with Crippen LogP contribution in [0.1, 0.15) is 16.6 Å². The largest absolute Gasteiger partial charge is 0.468 e. The van der Waals surface area contributed by atoms with Gasteiger partial charge in [0.1, 0.15) is 6.54 Å². The number of thiazole rings is 1. The highest BCUT2D eigenvalue weighted by Gasteiger charge is 2.14. The van der Waals surface area contributed by atoms with Gasteiger partial charge in [-0.2, -0.15) is 4.99 Å². The second-order valence-corrected chi connectivity index (χ2v) is 8.90. The van der Waals surface area contributed by atoms with E-state index < -0.39 is 11.9 Å². The average Bonchev–Trinajstić information content (AvgIpc) is 3.18. The molecule has 0 bridgehead atoms. The monoisotopic (exact) mass is 467 g/mol. The lowest BCUT2D eigenvalue weighted by atomic mass is 10.3. The minimum atomic E-state index is -0.451. The number of ether oxygens (including phenoxy) is 1. The summed E-state index contributed by atoms with van der Waals surface area (Å²) in [7, 11) is 1.30. The number of halogens is 1. The van der Waals surface area contributed by atoms with Gasteiger partial charge in [-0.3, -0.25) is 14.4 Å². The number of esters is 1. The maximum Gasteiger partial charge on any atom is 0.325 e. The molecule has 2 heterocycles. The average molecular weight is 468 g/mol. The number of hydrogen-bond acceptors (Lipinski definition) is 6. The van der Waals surface area contributed by atoms with Crippen molar-refractivity contribution in [2.45, 2.75) is 13.5 Å². The molecule has 0 fully saturated rings. The molecule has 1 N–H and O–H groups in total. The second-order valence-electron chi connectivity index (χ2n) is 5.43. The lowest BCUT2D eigenvalue weighted by molar-refractivity contribution is -0.141. The topological polar surface area (TPSA) is 89.8 Å². The summed E-state index contributed by atoms with van der Waals surface area (Å²) in [5.74, 6) is -1.02. The van der Waals surface area contributed by atoms with Crippen LogP contribution in [0.2, 0.25) is 0 Å². The first-order valence-corrected chi connectivity index (χ1v) is 10.1. The molecule has 0 unspecified atom stereocenters. The molecule has 0 spiro atoms. The molecule has 0 saturated heterocycles. The van der Waals surface area contributed by atoms with Crippen LogP contribution in [0, 0.1) is 0 Å². The number of aromatic nitrogens is 1. The van der Waals surface area contributed by atoms with Crippen LogP contribution in [0.5, 0.6) is 0 Å². The predicted molar refractivity (Wildman–Crippen MR) is 108 cm³/mol. The number of nitrogens with one attached hydrogen (secondary N) is 1. The Labute approximate surface area is 170 Å². The summed E-state index contributed by atoms with van der Waals surface area (Å²) in [5, 5.41) is 2.71. The van der Waals surface area contributed by atoms with Crippen molar-refractivity contribution in [2.24, 2.45) is 4.99 Å². The fourth-order valence-electron chi connectivity index (χ4n) is 2.36. The molecule has 1 aromatic carbocycles. The Morgan fingerprint density at radius 2 is 2.00 bits per heavy atom. The van der Waals surface area contributed by atoms with Crippen molar-refractivity contribution in [1.82, 2.24) is 4.57 Å². The van der Waals surface area contributed by atoms with Crippen LogP contribution >= 0.6 is 38.6 Å². The number of fused-ring (bicyclic) bond motifs is 1. The van der Waals surface area contributed by atoms with E-state index >= 15 is 0 Å². The Kier molecular flexibility index (Phi) is 5.88. The summed E-state index contributed by atoms with van der Waals surface area (Å²) in [6, 6.07) is 8.74. The summed E-state index contributed by atoms with van der Waals surface area (Å²) in [5.41, 5.74) is 1.35. The summed E-state index contributed by atoms with van der Waals surface area (Å²) in [6.45, 7) is 1.35. The highest BCUT2D eigenvalue weighted by molar-refractivity contribution is 9.11. The van der Waals surface area contributed by atoms with Crippen molar-refractivity contribution < 1.29 is 19.1 Å². The molecule has 10 heteroatoms. The number of anilines is 1. The molecule has 0 atom stereocenters. The predicted octanol–water partition coefficient (Wildman–Crippen LogP) is 3.40. The lowest BCUT2D eigenvalue weighted by Crippen LogP contribution is -2.22. The molecule has 0 aliphatic heterocycles. The molecule has 2 aromatic heterocycles. The zero-order valence-corrected chi connectivity index (χ0v) is 17.5. The Balaban J connectivity index is 2.12. The minimum Gasteiger partial charge on any atom is -0.468 e. The number of amides is 2. The van der Waals surface area contributed by atoms with E-state index in [-0.39, 0.29) is 12.5 Å². The maximum atomic E-state index is 12.5. The molecule has 3 aromatic rings. The fraction of sp³-hybridized carbons (Fsp3) is 0.176. The molecule has 7 nitrogen and oxygen atoms in total. The first-order chi connectivity index (χ1) is 12.9. The normalized spacial score (nSPS) is 11.6. The van der Waals surface area contributed by atoms with E-state index in [2.05, 4.69) is 26.2 Å². The van der Waals surface area contributed by atoms with Crippen LogP contribution in [0.3, 0.4) is 0 Å². The number of benzene rings is 1. The standard InChI is InChI=1S/C17H14BrN3O4S2/c1-9(22)19-10-3-4-11-13(7-10)27-17(21(11)8-15(23)25-2)20-16(24)12-5-6-14(18)26-12/h3-7H,8H2,1-2H3,(H,19,22). The van der Waals surface area contributed by atoms with Gasteiger partial charge in [0.15, 0.2) is 4.80 Å². The van der Waals surface area contributed by atoms with Crippen molar-refractivity contribution >= 4 is 72.3 Å². The minimum absolute atomic E-state index is 0.0732. The Morgan fingerprint density at radius 1 is 1.22 bits per heavy atom. The number of methoxy groups -OCH3 is 1. The number of thiophene rings is 1. The van der Waals surface area contributed by atoms with Gasteiger partial charge in [-0.15, -0.1) is 11.3 Å². The molecule has 2 amide bonds.